The average molecular weight is 567 g/mol. The number of carbonyl (C=O) groups is 3. The molecule has 4 rings (SSSR count). The molecule has 2 aliphatic rings. The summed E-state index contributed by atoms with van der Waals surface area (Å²) in [6, 6.07) is 10.2. The van der Waals surface area contributed by atoms with Crippen LogP contribution in [-0.4, -0.2) is 54.0 Å². The minimum absolute atomic E-state index is 0.0329. The van der Waals surface area contributed by atoms with Gasteiger partial charge in [0.1, 0.15) is 10.9 Å². The molecule has 1 heterocycles. The van der Waals surface area contributed by atoms with Gasteiger partial charge >= 0.3 is 0 Å². The normalized spacial score (nSPS) is 17.5. The number of nitrogens with zero attached hydrogens (tertiary/aromatic N) is 2. The molecular formula is C26H29Cl2N3O5S. The van der Waals surface area contributed by atoms with Gasteiger partial charge < -0.3 is 10.2 Å². The van der Waals surface area contributed by atoms with E-state index in [4.69, 9.17) is 23.2 Å². The summed E-state index contributed by atoms with van der Waals surface area (Å²) in [4.78, 5) is 41.0. The van der Waals surface area contributed by atoms with Crippen LogP contribution in [0.2, 0.25) is 10.0 Å². The lowest BCUT2D eigenvalue weighted by molar-refractivity contribution is -0.141. The van der Waals surface area contributed by atoms with Crippen molar-refractivity contribution in [3.63, 3.8) is 0 Å². The van der Waals surface area contributed by atoms with Crippen LogP contribution in [-0.2, 0) is 26.2 Å². The number of sulfonamides is 1. The van der Waals surface area contributed by atoms with Gasteiger partial charge in [-0.15, -0.1) is 0 Å². The van der Waals surface area contributed by atoms with Crippen LogP contribution in [0.15, 0.2) is 47.4 Å². The molecule has 198 valence electrons. The fourth-order valence-electron chi connectivity index (χ4n) is 4.93. The molecule has 0 aromatic heterocycles. The number of hydrogen-bond donors (Lipinski definition) is 1. The molecule has 8 nitrogen and oxygen atoms in total. The predicted molar refractivity (Wildman–Crippen MR) is 141 cm³/mol. The van der Waals surface area contributed by atoms with Crippen LogP contribution in [0, 0.1) is 0 Å². The molecule has 2 aromatic carbocycles. The first-order valence-electron chi connectivity index (χ1n) is 12.3. The number of fused-ring (bicyclic) bond motifs is 1. The van der Waals surface area contributed by atoms with E-state index in [0.717, 1.165) is 30.0 Å². The number of halogens is 2. The Kier molecular flexibility index (Phi) is 8.46. The van der Waals surface area contributed by atoms with Gasteiger partial charge in [-0.1, -0.05) is 61.2 Å². The predicted octanol–water partition coefficient (Wildman–Crippen LogP) is 4.39. The number of amides is 3. The molecule has 1 aliphatic heterocycles. The molecule has 3 amide bonds. The van der Waals surface area contributed by atoms with Gasteiger partial charge in [-0.3, -0.25) is 14.4 Å². The summed E-state index contributed by atoms with van der Waals surface area (Å²) < 4.78 is 26.6. The molecule has 1 N–H and O–H groups in total. The van der Waals surface area contributed by atoms with Gasteiger partial charge in [0.05, 0.1) is 5.56 Å². The van der Waals surface area contributed by atoms with Crippen molar-refractivity contribution in [2.75, 3.05) is 6.54 Å². The third kappa shape index (κ3) is 5.63. The highest BCUT2D eigenvalue weighted by Crippen LogP contribution is 2.31. The maximum absolute atomic E-state index is 13.6. The molecule has 1 fully saturated rings. The summed E-state index contributed by atoms with van der Waals surface area (Å²) in [5.74, 6) is -1.43. The molecule has 1 saturated carbocycles. The molecular weight excluding hydrogens is 537 g/mol. The summed E-state index contributed by atoms with van der Waals surface area (Å²) in [5, 5.41) is 3.75. The summed E-state index contributed by atoms with van der Waals surface area (Å²) >= 11 is 12.8. The van der Waals surface area contributed by atoms with E-state index in [0.29, 0.717) is 22.0 Å². The first-order chi connectivity index (χ1) is 17.6. The monoisotopic (exact) mass is 565 g/mol. The van der Waals surface area contributed by atoms with Crippen molar-refractivity contribution in [1.29, 1.82) is 0 Å². The van der Waals surface area contributed by atoms with Crippen molar-refractivity contribution in [3.8, 4) is 0 Å². The molecule has 1 atom stereocenters. The van der Waals surface area contributed by atoms with Crippen molar-refractivity contribution in [3.05, 3.63) is 63.6 Å². The van der Waals surface area contributed by atoms with Crippen LogP contribution in [0.4, 0.5) is 0 Å². The highest BCUT2D eigenvalue weighted by molar-refractivity contribution is 7.90. The smallest absolute Gasteiger partial charge is 0.269 e. The third-order valence-electron chi connectivity index (χ3n) is 6.92. The lowest BCUT2D eigenvalue weighted by Crippen LogP contribution is -2.51. The van der Waals surface area contributed by atoms with Crippen molar-refractivity contribution < 1.29 is 22.8 Å². The molecule has 0 spiro atoms. The third-order valence-corrected chi connectivity index (χ3v) is 9.47. The van der Waals surface area contributed by atoms with E-state index < -0.39 is 27.9 Å². The average Bonchev–Trinajstić information content (AvgIpc) is 3.44. The minimum atomic E-state index is -4.06. The van der Waals surface area contributed by atoms with E-state index in [2.05, 4.69) is 5.32 Å². The van der Waals surface area contributed by atoms with Crippen LogP contribution >= 0.6 is 23.2 Å². The largest absolute Gasteiger partial charge is 0.352 e. The zero-order valence-corrected chi connectivity index (χ0v) is 22.8. The topological polar surface area (TPSA) is 104 Å². The van der Waals surface area contributed by atoms with Gasteiger partial charge in [0, 0.05) is 41.2 Å². The molecule has 0 saturated heterocycles. The SMILES string of the molecule is CC[C@H](C(=O)NC1CCCC1)N(Cc1c(Cl)cccc1Cl)C(=O)CCN1C(=O)c2ccccc2S1(=O)=O. The van der Waals surface area contributed by atoms with Gasteiger partial charge in [0.15, 0.2) is 0 Å². The maximum Gasteiger partial charge on any atom is 0.269 e. The maximum atomic E-state index is 13.6. The fraction of sp³-hybridized carbons (Fsp3) is 0.423. The Hall–Kier alpha value is -2.62. The molecule has 1 aliphatic carbocycles. The fourth-order valence-corrected chi connectivity index (χ4v) is 7.02. The number of hydrogen-bond acceptors (Lipinski definition) is 5. The Bertz CT molecular complexity index is 1290. The number of nitrogens with one attached hydrogen (secondary N) is 1. The van der Waals surface area contributed by atoms with Gasteiger partial charge in [-0.25, -0.2) is 12.7 Å². The lowest BCUT2D eigenvalue weighted by Gasteiger charge is -2.32. The molecule has 0 bridgehead atoms. The lowest BCUT2D eigenvalue weighted by atomic mass is 10.1. The zero-order chi connectivity index (χ0) is 26.7. The van der Waals surface area contributed by atoms with Gasteiger partial charge in [-0.2, -0.15) is 0 Å². The molecule has 0 radical (unpaired) electrons. The quantitative estimate of drug-likeness (QED) is 0.485. The summed E-state index contributed by atoms with van der Waals surface area (Å²) in [6.45, 7) is 1.43. The van der Waals surface area contributed by atoms with Gasteiger partial charge in [-0.05, 0) is 43.5 Å². The van der Waals surface area contributed by atoms with Gasteiger partial charge in [0.2, 0.25) is 11.8 Å². The zero-order valence-electron chi connectivity index (χ0n) is 20.5. The second kappa shape index (κ2) is 11.4. The van der Waals surface area contributed by atoms with Crippen LogP contribution in [0.1, 0.15) is 61.4 Å². The Morgan fingerprint density at radius 3 is 2.35 bits per heavy atom. The van der Waals surface area contributed by atoms with Crippen LogP contribution in [0.25, 0.3) is 0 Å². The molecule has 37 heavy (non-hydrogen) atoms. The standard InChI is InChI=1S/C26H29Cl2N3O5S/c1-2-22(25(33)29-17-8-3-4-9-17)30(16-19-20(27)11-7-12-21(19)28)24(32)14-15-31-26(34)18-10-5-6-13-23(18)37(31,35)36/h5-7,10-13,17,22H,2-4,8-9,14-16H2,1H3,(H,29,33)/t22-/m1/s1. The van der Waals surface area contributed by atoms with Crippen molar-refractivity contribution >= 4 is 50.9 Å². The summed E-state index contributed by atoms with van der Waals surface area (Å²) in [5.41, 5.74) is 0.570. The van der Waals surface area contributed by atoms with E-state index in [1.54, 1.807) is 37.3 Å². The van der Waals surface area contributed by atoms with E-state index in [-0.39, 0.29) is 41.9 Å². The van der Waals surface area contributed by atoms with E-state index >= 15 is 0 Å². The molecule has 2 aromatic rings. The summed E-state index contributed by atoms with van der Waals surface area (Å²) in [7, 11) is -4.06. The van der Waals surface area contributed by atoms with E-state index in [1.807, 2.05) is 0 Å². The second-order valence-electron chi connectivity index (χ2n) is 9.26. The Morgan fingerprint density at radius 2 is 1.73 bits per heavy atom. The highest BCUT2D eigenvalue weighted by Gasteiger charge is 2.41. The first kappa shape index (κ1) is 27.4. The number of benzene rings is 2. The Balaban J connectivity index is 1.57. The van der Waals surface area contributed by atoms with Crippen LogP contribution in [0.3, 0.4) is 0 Å². The minimum Gasteiger partial charge on any atom is -0.352 e. The van der Waals surface area contributed by atoms with Gasteiger partial charge in [0.25, 0.3) is 15.9 Å². The van der Waals surface area contributed by atoms with Crippen LogP contribution < -0.4 is 5.32 Å². The number of carbonyl (C=O) groups excluding carboxylic acids is 3. The van der Waals surface area contributed by atoms with Crippen molar-refractivity contribution in [2.45, 2.75) is 69.0 Å². The summed E-state index contributed by atoms with van der Waals surface area (Å²) in [6.07, 6.45) is 3.90. The van der Waals surface area contributed by atoms with Crippen molar-refractivity contribution in [2.24, 2.45) is 0 Å². The second-order valence-corrected chi connectivity index (χ2v) is 11.9. The van der Waals surface area contributed by atoms with E-state index in [9.17, 15) is 22.8 Å². The van der Waals surface area contributed by atoms with E-state index in [1.165, 1.54) is 17.0 Å². The first-order valence-corrected chi connectivity index (χ1v) is 14.5. The Morgan fingerprint density at radius 1 is 1.08 bits per heavy atom. The number of rotatable bonds is 9. The van der Waals surface area contributed by atoms with Crippen molar-refractivity contribution in [1.82, 2.24) is 14.5 Å². The molecule has 11 heteroatoms. The highest BCUT2D eigenvalue weighted by atomic mass is 35.5. The Labute approximate surface area is 227 Å². The molecule has 0 unspecified atom stereocenters. The van der Waals surface area contributed by atoms with Crippen LogP contribution in [0.5, 0.6) is 0 Å².